The number of anilines is 1. The first kappa shape index (κ1) is 21.0. The van der Waals surface area contributed by atoms with Gasteiger partial charge in [-0.15, -0.1) is 0 Å². The second kappa shape index (κ2) is 7.58. The Kier molecular flexibility index (Phi) is 5.48. The van der Waals surface area contributed by atoms with Gasteiger partial charge in [0.15, 0.2) is 0 Å². The van der Waals surface area contributed by atoms with E-state index in [4.69, 9.17) is 4.74 Å². The Balaban J connectivity index is 2.05. The largest absolute Gasteiger partial charge is 0.419 e. The van der Waals surface area contributed by atoms with Gasteiger partial charge in [-0.25, -0.2) is 9.37 Å². The van der Waals surface area contributed by atoms with Gasteiger partial charge in [-0.1, -0.05) is 26.8 Å². The summed E-state index contributed by atoms with van der Waals surface area (Å²) in [7, 11) is 1.53. The molecule has 0 aliphatic carbocycles. The molecule has 0 saturated carbocycles. The maximum Gasteiger partial charge on any atom is 0.419 e. The molecule has 1 aromatic carbocycles. The van der Waals surface area contributed by atoms with Crippen molar-refractivity contribution >= 4 is 11.6 Å². The lowest BCUT2D eigenvalue weighted by Gasteiger charge is -2.33. The Bertz CT molecular complexity index is 1010. The maximum absolute atomic E-state index is 14.2. The van der Waals surface area contributed by atoms with E-state index in [1.54, 1.807) is 6.07 Å². The highest BCUT2D eigenvalue weighted by atomic mass is 19.4. The zero-order valence-electron chi connectivity index (χ0n) is 16.4. The lowest BCUT2D eigenvalue weighted by molar-refractivity contribution is -0.140. The third-order valence-corrected chi connectivity index (χ3v) is 4.39. The molecule has 0 saturated heterocycles. The van der Waals surface area contributed by atoms with Gasteiger partial charge >= 0.3 is 6.18 Å². The van der Waals surface area contributed by atoms with Gasteiger partial charge in [0.25, 0.3) is 5.78 Å². The van der Waals surface area contributed by atoms with E-state index < -0.39 is 29.0 Å². The molecule has 0 spiro atoms. The zero-order valence-corrected chi connectivity index (χ0v) is 16.4. The third-order valence-electron chi connectivity index (χ3n) is 4.39. The second-order valence-electron chi connectivity index (χ2n) is 7.72. The van der Waals surface area contributed by atoms with Crippen molar-refractivity contribution in [2.45, 2.75) is 39.6 Å². The molecular weight excluding hydrogens is 390 g/mol. The first-order valence-corrected chi connectivity index (χ1v) is 8.82. The fraction of sp³-hybridized carbons (Fsp3) is 0.421. The fourth-order valence-electron chi connectivity index (χ4n) is 3.07. The number of nitrogens with zero attached hydrogens (tertiary/aromatic N) is 4. The minimum Gasteiger partial charge on any atom is -0.378 e. The average molecular weight is 411 g/mol. The molecule has 0 bridgehead atoms. The molecule has 29 heavy (non-hydrogen) atoms. The number of benzene rings is 1. The standard InChI is InChI=1S/C19H21F4N5O/c1-18(2,3)16(11-5-6-13(14(20)7-11)19(21,22)23)27-15-8-12(9-29-4)26-17-24-10-25-28(15)17/h5-8,10,16,27H,9H2,1-4H3. The molecule has 1 N–H and O–H groups in total. The lowest BCUT2D eigenvalue weighted by Crippen LogP contribution is -2.27. The number of halogens is 4. The first-order chi connectivity index (χ1) is 13.5. The number of methoxy groups -OCH3 is 1. The molecule has 1 atom stereocenters. The molecule has 6 nitrogen and oxygen atoms in total. The van der Waals surface area contributed by atoms with Crippen LogP contribution in [-0.4, -0.2) is 26.7 Å². The summed E-state index contributed by atoms with van der Waals surface area (Å²) in [6, 6.07) is 4.15. The molecular formula is C19H21F4N5O. The van der Waals surface area contributed by atoms with E-state index in [9.17, 15) is 17.6 Å². The van der Waals surface area contributed by atoms with Gasteiger partial charge in [-0.2, -0.15) is 27.8 Å². The number of fused-ring (bicyclic) bond motifs is 1. The summed E-state index contributed by atoms with van der Waals surface area (Å²) in [5, 5.41) is 7.40. The average Bonchev–Trinajstić information content (AvgIpc) is 3.06. The van der Waals surface area contributed by atoms with Crippen LogP contribution in [0.4, 0.5) is 23.4 Å². The van der Waals surface area contributed by atoms with Gasteiger partial charge in [0.2, 0.25) is 0 Å². The normalized spacial score (nSPS) is 13.7. The van der Waals surface area contributed by atoms with Gasteiger partial charge in [0.1, 0.15) is 18.0 Å². The lowest BCUT2D eigenvalue weighted by atomic mass is 9.82. The van der Waals surface area contributed by atoms with Gasteiger partial charge in [-0.3, -0.25) is 0 Å². The van der Waals surface area contributed by atoms with Crippen molar-refractivity contribution in [1.29, 1.82) is 0 Å². The van der Waals surface area contributed by atoms with Crippen LogP contribution >= 0.6 is 0 Å². The number of ether oxygens (including phenoxy) is 1. The van der Waals surface area contributed by atoms with Crippen LogP contribution in [0.2, 0.25) is 0 Å². The van der Waals surface area contributed by atoms with E-state index in [-0.39, 0.29) is 6.61 Å². The highest BCUT2D eigenvalue weighted by Gasteiger charge is 2.35. The Morgan fingerprint density at radius 1 is 1.17 bits per heavy atom. The van der Waals surface area contributed by atoms with Crippen LogP contribution in [0, 0.1) is 11.2 Å². The number of nitrogens with one attached hydrogen (secondary N) is 1. The summed E-state index contributed by atoms with van der Waals surface area (Å²) in [5.41, 5.74) is -0.786. The van der Waals surface area contributed by atoms with E-state index >= 15 is 0 Å². The summed E-state index contributed by atoms with van der Waals surface area (Å²) in [6.45, 7) is 5.94. The van der Waals surface area contributed by atoms with Crippen LogP contribution < -0.4 is 5.32 Å². The van der Waals surface area contributed by atoms with E-state index in [1.165, 1.54) is 24.0 Å². The van der Waals surface area contributed by atoms with Crippen molar-refractivity contribution < 1.29 is 22.3 Å². The minimum atomic E-state index is -4.75. The molecule has 10 heteroatoms. The van der Waals surface area contributed by atoms with Crippen molar-refractivity contribution in [2.75, 3.05) is 12.4 Å². The fourth-order valence-corrected chi connectivity index (χ4v) is 3.07. The van der Waals surface area contributed by atoms with Crippen LogP contribution in [-0.2, 0) is 17.5 Å². The summed E-state index contributed by atoms with van der Waals surface area (Å²) >= 11 is 0. The molecule has 0 aliphatic rings. The van der Waals surface area contributed by atoms with Crippen molar-refractivity contribution in [3.63, 3.8) is 0 Å². The van der Waals surface area contributed by atoms with Crippen LogP contribution in [0.5, 0.6) is 0 Å². The highest BCUT2D eigenvalue weighted by molar-refractivity contribution is 5.47. The molecule has 156 valence electrons. The maximum atomic E-state index is 14.2. The summed E-state index contributed by atoms with van der Waals surface area (Å²) in [6.07, 6.45) is -3.41. The molecule has 3 rings (SSSR count). The molecule has 1 unspecified atom stereocenters. The van der Waals surface area contributed by atoms with Crippen LogP contribution in [0.15, 0.2) is 30.6 Å². The van der Waals surface area contributed by atoms with Crippen molar-refractivity contribution in [1.82, 2.24) is 19.6 Å². The summed E-state index contributed by atoms with van der Waals surface area (Å²) in [5.74, 6) is -0.458. The van der Waals surface area contributed by atoms with Crippen LogP contribution in [0.3, 0.4) is 0 Å². The van der Waals surface area contributed by atoms with Gasteiger partial charge in [-0.05, 0) is 23.1 Å². The summed E-state index contributed by atoms with van der Waals surface area (Å²) < 4.78 is 59.6. The van der Waals surface area contributed by atoms with E-state index in [0.717, 1.165) is 12.1 Å². The number of hydrogen-bond donors (Lipinski definition) is 1. The van der Waals surface area contributed by atoms with Gasteiger partial charge in [0, 0.05) is 13.2 Å². The molecule has 0 aliphatic heterocycles. The third kappa shape index (κ3) is 4.47. The molecule has 3 aromatic rings. The number of aromatic nitrogens is 4. The Labute approximate surface area is 164 Å². The topological polar surface area (TPSA) is 64.3 Å². The minimum absolute atomic E-state index is 0.243. The van der Waals surface area contributed by atoms with Crippen molar-refractivity contribution in [2.24, 2.45) is 5.41 Å². The predicted molar refractivity (Wildman–Crippen MR) is 98.7 cm³/mol. The summed E-state index contributed by atoms with van der Waals surface area (Å²) in [4.78, 5) is 8.40. The molecule has 2 heterocycles. The van der Waals surface area contributed by atoms with Gasteiger partial charge in [0.05, 0.1) is 23.9 Å². The number of alkyl halides is 3. The first-order valence-electron chi connectivity index (χ1n) is 8.82. The van der Waals surface area contributed by atoms with Crippen LogP contribution in [0.25, 0.3) is 5.78 Å². The highest BCUT2D eigenvalue weighted by Crippen LogP contribution is 2.38. The smallest absolute Gasteiger partial charge is 0.378 e. The number of hydrogen-bond acceptors (Lipinski definition) is 5. The van der Waals surface area contributed by atoms with E-state index in [1.807, 2.05) is 20.8 Å². The molecule has 2 aromatic heterocycles. The van der Waals surface area contributed by atoms with E-state index in [0.29, 0.717) is 22.9 Å². The second-order valence-corrected chi connectivity index (χ2v) is 7.72. The molecule has 0 fully saturated rings. The Hall–Kier alpha value is -2.75. The SMILES string of the molecule is COCc1cc(NC(c2ccc(C(F)(F)F)c(F)c2)C(C)(C)C)n2ncnc2n1. The predicted octanol–water partition coefficient (Wildman–Crippen LogP) is 4.63. The quantitative estimate of drug-likeness (QED) is 0.621. The van der Waals surface area contributed by atoms with E-state index in [2.05, 4.69) is 20.4 Å². The monoisotopic (exact) mass is 411 g/mol. The Morgan fingerprint density at radius 2 is 1.90 bits per heavy atom. The number of rotatable bonds is 5. The van der Waals surface area contributed by atoms with Gasteiger partial charge < -0.3 is 10.1 Å². The van der Waals surface area contributed by atoms with Crippen LogP contribution in [0.1, 0.15) is 43.6 Å². The Morgan fingerprint density at radius 3 is 2.48 bits per heavy atom. The van der Waals surface area contributed by atoms with Crippen molar-refractivity contribution in [3.8, 4) is 0 Å². The van der Waals surface area contributed by atoms with Crippen molar-refractivity contribution in [3.05, 3.63) is 53.2 Å². The zero-order chi connectivity index (χ0) is 21.4. The molecule has 0 amide bonds. The molecule has 0 radical (unpaired) electrons.